The Hall–Kier alpha value is -4.10. The normalized spacial score (nSPS) is 14.9. The molecule has 6 nitrogen and oxygen atoms in total. The number of para-hydroxylation sites is 2. The molecule has 1 heterocycles. The molecule has 1 atom stereocenters. The van der Waals surface area contributed by atoms with Crippen LogP contribution >= 0.6 is 0 Å². The molecule has 1 amide bonds. The second-order valence-electron chi connectivity index (χ2n) is 8.40. The molecule has 4 aromatic carbocycles. The summed E-state index contributed by atoms with van der Waals surface area (Å²) in [6.45, 7) is 1.89. The van der Waals surface area contributed by atoms with Crippen molar-refractivity contribution in [2.24, 2.45) is 0 Å². The number of hydrogen-bond donors (Lipinski definition) is 1. The summed E-state index contributed by atoms with van der Waals surface area (Å²) in [4.78, 5) is 13.0. The predicted molar refractivity (Wildman–Crippen MR) is 137 cm³/mol. The second-order valence-corrected chi connectivity index (χ2v) is 10.2. The van der Waals surface area contributed by atoms with Gasteiger partial charge >= 0.3 is 0 Å². The topological polar surface area (TPSA) is 75.7 Å². The van der Waals surface area contributed by atoms with Crippen molar-refractivity contribution in [2.75, 3.05) is 9.62 Å². The van der Waals surface area contributed by atoms with Crippen molar-refractivity contribution in [3.63, 3.8) is 0 Å². The molecule has 0 aliphatic carbocycles. The van der Waals surface area contributed by atoms with Crippen LogP contribution in [0.3, 0.4) is 0 Å². The highest BCUT2D eigenvalue weighted by atomic mass is 32.2. The van der Waals surface area contributed by atoms with Gasteiger partial charge in [0.15, 0.2) is 0 Å². The highest BCUT2D eigenvalue weighted by Crippen LogP contribution is 2.36. The number of ether oxygens (including phenoxy) is 1. The molecule has 0 aromatic heterocycles. The number of hydrogen-bond acceptors (Lipinski definition) is 4. The molecule has 1 unspecified atom stereocenters. The monoisotopic (exact) mass is 484 g/mol. The maximum atomic E-state index is 13.5. The molecule has 35 heavy (non-hydrogen) atoms. The average Bonchev–Trinajstić information content (AvgIpc) is 3.22. The third-order valence-corrected chi connectivity index (χ3v) is 7.81. The SMILES string of the molecule is CC1Cc2ccccc2N1S(=O)(=O)c1cccc(C(=O)Nc2ccc(Oc3ccccc3)cc2)c1. The summed E-state index contributed by atoms with van der Waals surface area (Å²) >= 11 is 0. The largest absolute Gasteiger partial charge is 0.457 e. The van der Waals surface area contributed by atoms with Gasteiger partial charge in [-0.15, -0.1) is 0 Å². The third-order valence-electron chi connectivity index (χ3n) is 5.89. The average molecular weight is 485 g/mol. The van der Waals surface area contributed by atoms with Crippen molar-refractivity contribution in [3.05, 3.63) is 114 Å². The van der Waals surface area contributed by atoms with E-state index in [0.29, 0.717) is 23.5 Å². The second kappa shape index (κ2) is 9.27. The number of nitrogens with zero attached hydrogens (tertiary/aromatic N) is 1. The Bertz CT molecular complexity index is 1470. The van der Waals surface area contributed by atoms with Crippen molar-refractivity contribution in [3.8, 4) is 11.5 Å². The van der Waals surface area contributed by atoms with E-state index in [4.69, 9.17) is 4.74 Å². The van der Waals surface area contributed by atoms with Crippen molar-refractivity contribution in [1.82, 2.24) is 0 Å². The van der Waals surface area contributed by atoms with E-state index >= 15 is 0 Å². The molecule has 0 saturated heterocycles. The van der Waals surface area contributed by atoms with E-state index in [2.05, 4.69) is 5.32 Å². The standard InChI is InChI=1S/C28H24N2O4S/c1-20-18-21-8-5-6-13-27(21)30(20)35(32,33)26-12-7-9-22(19-26)28(31)29-23-14-16-25(17-15-23)34-24-10-3-2-4-11-24/h2-17,19-20H,18H2,1H3,(H,29,31). The van der Waals surface area contributed by atoms with Crippen LogP contribution in [0.5, 0.6) is 11.5 Å². The maximum absolute atomic E-state index is 13.5. The van der Waals surface area contributed by atoms with Crippen LogP contribution < -0.4 is 14.4 Å². The Morgan fingerprint density at radius 2 is 1.54 bits per heavy atom. The minimum absolute atomic E-state index is 0.0836. The zero-order chi connectivity index (χ0) is 24.4. The molecule has 1 N–H and O–H groups in total. The Labute approximate surface area is 204 Å². The van der Waals surface area contributed by atoms with Crippen molar-refractivity contribution in [1.29, 1.82) is 0 Å². The summed E-state index contributed by atoms with van der Waals surface area (Å²) in [7, 11) is -3.83. The Morgan fingerprint density at radius 1 is 0.857 bits per heavy atom. The zero-order valence-corrected chi connectivity index (χ0v) is 19.9. The molecule has 7 heteroatoms. The fourth-order valence-electron chi connectivity index (χ4n) is 4.25. The smallest absolute Gasteiger partial charge is 0.264 e. The maximum Gasteiger partial charge on any atom is 0.264 e. The molecule has 4 aromatic rings. The molecule has 0 spiro atoms. The van der Waals surface area contributed by atoms with E-state index in [9.17, 15) is 13.2 Å². The van der Waals surface area contributed by atoms with E-state index < -0.39 is 15.9 Å². The lowest BCUT2D eigenvalue weighted by atomic mass is 10.1. The molecule has 1 aliphatic heterocycles. The van der Waals surface area contributed by atoms with Gasteiger partial charge in [-0.25, -0.2) is 8.42 Å². The van der Waals surface area contributed by atoms with E-state index in [1.54, 1.807) is 36.4 Å². The first-order chi connectivity index (χ1) is 16.9. The summed E-state index contributed by atoms with van der Waals surface area (Å²) in [6.07, 6.45) is 0.652. The van der Waals surface area contributed by atoms with Gasteiger partial charge in [0.25, 0.3) is 15.9 Å². The Kier molecular flexibility index (Phi) is 6.01. The first-order valence-electron chi connectivity index (χ1n) is 11.3. The van der Waals surface area contributed by atoms with Crippen LogP contribution in [0.15, 0.2) is 108 Å². The van der Waals surface area contributed by atoms with Gasteiger partial charge in [-0.1, -0.05) is 42.5 Å². The van der Waals surface area contributed by atoms with E-state index in [1.165, 1.54) is 16.4 Å². The first kappa shape index (κ1) is 22.7. The minimum Gasteiger partial charge on any atom is -0.457 e. The molecule has 0 radical (unpaired) electrons. The van der Waals surface area contributed by atoms with Gasteiger partial charge in [0, 0.05) is 17.3 Å². The molecule has 176 valence electrons. The van der Waals surface area contributed by atoms with Crippen molar-refractivity contribution < 1.29 is 17.9 Å². The van der Waals surface area contributed by atoms with Gasteiger partial charge < -0.3 is 10.1 Å². The van der Waals surface area contributed by atoms with Crippen molar-refractivity contribution in [2.45, 2.75) is 24.3 Å². The predicted octanol–water partition coefficient (Wildman–Crippen LogP) is 5.87. The fourth-order valence-corrected chi connectivity index (χ4v) is 5.99. The number of sulfonamides is 1. The lowest BCUT2D eigenvalue weighted by molar-refractivity contribution is 0.102. The first-order valence-corrected chi connectivity index (χ1v) is 12.7. The summed E-state index contributed by atoms with van der Waals surface area (Å²) in [5.41, 5.74) is 2.52. The summed E-state index contributed by atoms with van der Waals surface area (Å²) in [6, 6.07) is 29.8. The van der Waals surface area contributed by atoms with Crippen LogP contribution in [0.1, 0.15) is 22.8 Å². The van der Waals surface area contributed by atoms with Crippen LogP contribution in [-0.2, 0) is 16.4 Å². The lowest BCUT2D eigenvalue weighted by Gasteiger charge is -2.24. The number of nitrogens with one attached hydrogen (secondary N) is 1. The van der Waals surface area contributed by atoms with Crippen LogP contribution in [0, 0.1) is 0 Å². The number of benzene rings is 4. The highest BCUT2D eigenvalue weighted by molar-refractivity contribution is 7.92. The van der Waals surface area contributed by atoms with Gasteiger partial charge in [-0.3, -0.25) is 9.10 Å². The Balaban J connectivity index is 1.33. The Morgan fingerprint density at radius 3 is 2.31 bits per heavy atom. The minimum atomic E-state index is -3.83. The fraction of sp³-hybridized carbons (Fsp3) is 0.107. The highest BCUT2D eigenvalue weighted by Gasteiger charge is 2.36. The number of carbonyl (C=O) groups excluding carboxylic acids is 1. The van der Waals surface area contributed by atoms with Gasteiger partial charge in [-0.05, 0) is 79.6 Å². The van der Waals surface area contributed by atoms with E-state index in [0.717, 1.165) is 11.3 Å². The summed E-state index contributed by atoms with van der Waals surface area (Å²) in [5.74, 6) is 0.966. The van der Waals surface area contributed by atoms with Gasteiger partial charge in [0.05, 0.1) is 10.6 Å². The molecule has 1 aliphatic rings. The number of fused-ring (bicyclic) bond motifs is 1. The summed E-state index contributed by atoms with van der Waals surface area (Å²) < 4.78 is 34.2. The van der Waals surface area contributed by atoms with Gasteiger partial charge in [0.1, 0.15) is 11.5 Å². The van der Waals surface area contributed by atoms with E-state index in [1.807, 2.05) is 61.5 Å². The third kappa shape index (κ3) is 4.63. The van der Waals surface area contributed by atoms with Crippen LogP contribution in [0.4, 0.5) is 11.4 Å². The summed E-state index contributed by atoms with van der Waals surface area (Å²) in [5, 5.41) is 2.82. The molecular weight excluding hydrogens is 460 g/mol. The molecular formula is C28H24N2O4S. The lowest BCUT2D eigenvalue weighted by Crippen LogP contribution is -2.35. The number of rotatable bonds is 6. The quantitative estimate of drug-likeness (QED) is 0.371. The van der Waals surface area contributed by atoms with Crippen LogP contribution in [-0.4, -0.2) is 20.4 Å². The number of anilines is 2. The molecule has 0 saturated carbocycles. The van der Waals surface area contributed by atoms with E-state index in [-0.39, 0.29) is 16.5 Å². The van der Waals surface area contributed by atoms with Gasteiger partial charge in [0.2, 0.25) is 0 Å². The van der Waals surface area contributed by atoms with Gasteiger partial charge in [-0.2, -0.15) is 0 Å². The molecule has 0 bridgehead atoms. The number of amides is 1. The molecule has 0 fully saturated rings. The van der Waals surface area contributed by atoms with Crippen molar-refractivity contribution >= 4 is 27.3 Å². The zero-order valence-electron chi connectivity index (χ0n) is 19.1. The number of carbonyl (C=O) groups is 1. The molecule has 5 rings (SSSR count). The van der Waals surface area contributed by atoms with Crippen LogP contribution in [0.2, 0.25) is 0 Å². The van der Waals surface area contributed by atoms with Crippen LogP contribution in [0.25, 0.3) is 0 Å².